The first-order valence-corrected chi connectivity index (χ1v) is 11.6. The van der Waals surface area contributed by atoms with E-state index in [1.807, 2.05) is 45.9 Å². The second kappa shape index (κ2) is 7.11. The van der Waals surface area contributed by atoms with Crippen molar-refractivity contribution in [2.45, 2.75) is 38.8 Å². The average Bonchev–Trinajstić information content (AvgIpc) is 2.80. The second-order valence-corrected chi connectivity index (χ2v) is 9.05. The number of rotatable bonds is 4. The first-order chi connectivity index (χ1) is 11.7. The Morgan fingerprint density at radius 3 is 2.68 bits per heavy atom. The highest BCUT2D eigenvalue weighted by molar-refractivity contribution is 14.2. The van der Waals surface area contributed by atoms with Crippen LogP contribution >= 0.6 is 41.6 Å². The number of hydrogen-bond donors (Lipinski definition) is 0. The van der Waals surface area contributed by atoms with E-state index in [-0.39, 0.29) is 0 Å². The summed E-state index contributed by atoms with van der Waals surface area (Å²) in [5.41, 5.74) is 1.55. The van der Waals surface area contributed by atoms with Crippen LogP contribution in [-0.4, -0.2) is 36.9 Å². The van der Waals surface area contributed by atoms with Crippen LogP contribution in [0.3, 0.4) is 0 Å². The number of aromatic nitrogens is 1. The van der Waals surface area contributed by atoms with Crippen molar-refractivity contribution in [2.24, 2.45) is 0 Å². The van der Waals surface area contributed by atoms with Gasteiger partial charge in [-0.25, -0.2) is 4.98 Å². The molecule has 1 aliphatic rings. The zero-order valence-electron chi connectivity index (χ0n) is 14.7. The smallest absolute Gasteiger partial charge is 0.481 e. The minimum atomic E-state index is -0.557. The fraction of sp³-hybridized carbons (Fsp3) is 0.438. The summed E-state index contributed by atoms with van der Waals surface area (Å²) >= 11 is 8.84. The third kappa shape index (κ3) is 3.40. The van der Waals surface area contributed by atoms with Gasteiger partial charge >= 0.3 is 7.12 Å². The van der Waals surface area contributed by atoms with Crippen LogP contribution in [0.2, 0.25) is 5.02 Å². The molecule has 1 aromatic carbocycles. The number of benzene rings is 1. The van der Waals surface area contributed by atoms with Gasteiger partial charge in [0.05, 0.1) is 28.8 Å². The van der Waals surface area contributed by atoms with E-state index in [4.69, 9.17) is 25.6 Å². The van der Waals surface area contributed by atoms with Gasteiger partial charge in [0.15, 0.2) is 0 Å². The van der Waals surface area contributed by atoms with Crippen LogP contribution in [0.5, 0.6) is 5.88 Å². The van der Waals surface area contributed by atoms with E-state index in [1.54, 1.807) is 15.9 Å². The molecule has 0 N–H and O–H groups in total. The minimum absolute atomic E-state index is 0.491. The van der Waals surface area contributed by atoms with Gasteiger partial charge in [0.1, 0.15) is 0 Å². The van der Waals surface area contributed by atoms with E-state index in [9.17, 15) is 0 Å². The molecule has 0 spiro atoms. The van der Waals surface area contributed by atoms with Crippen molar-refractivity contribution in [2.75, 3.05) is 7.11 Å². The van der Waals surface area contributed by atoms with Crippen molar-refractivity contribution in [3.05, 3.63) is 28.8 Å². The summed E-state index contributed by atoms with van der Waals surface area (Å²) < 4.78 is 18.0. The van der Waals surface area contributed by atoms with Crippen molar-refractivity contribution < 1.29 is 14.0 Å². The van der Waals surface area contributed by atoms with Crippen LogP contribution in [0, 0.1) is 6.92 Å². The van der Waals surface area contributed by atoms with Crippen LogP contribution in [0.15, 0.2) is 18.2 Å². The first kappa shape index (κ1) is 19.6. The van der Waals surface area contributed by atoms with Gasteiger partial charge in [-0.2, -0.15) is 0 Å². The van der Waals surface area contributed by atoms with Crippen LogP contribution < -0.4 is 10.2 Å². The van der Waals surface area contributed by atoms with Gasteiger partial charge < -0.3 is 14.0 Å². The maximum atomic E-state index is 6.60. The number of ether oxygens (including phenoxy) is 1. The average molecular weight is 488 g/mol. The molecule has 131 valence electrons. The van der Waals surface area contributed by atoms with Gasteiger partial charge in [-0.15, -0.1) is 8.78 Å². The Hall–Kier alpha value is -0.150. The number of fused-ring (bicyclic) bond motifs is 1. The maximum Gasteiger partial charge on any atom is 0.495 e. The number of hydrogen-bond acceptors (Lipinski definition) is 5. The molecule has 25 heavy (non-hydrogen) atoms. The first-order valence-electron chi connectivity index (χ1n) is 7.83. The van der Waals surface area contributed by atoms with Crippen molar-refractivity contribution in [3.63, 3.8) is 0 Å². The molecule has 0 amide bonds. The molecule has 1 saturated heterocycles. The zero-order chi connectivity index (χ0) is 18.4. The lowest BCUT2D eigenvalue weighted by Crippen LogP contribution is -2.48. The monoisotopic (exact) mass is 488 g/mol. The summed E-state index contributed by atoms with van der Waals surface area (Å²) in [4.78, 5) is 4.51. The summed E-state index contributed by atoms with van der Waals surface area (Å²) in [7, 11) is 2.63. The highest BCUT2D eigenvalue weighted by Crippen LogP contribution is 2.40. The molecule has 1 aromatic heterocycles. The van der Waals surface area contributed by atoms with E-state index < -0.39 is 18.2 Å². The number of nitrogens with zero attached hydrogens (tertiary/aromatic N) is 1. The quantitative estimate of drug-likeness (QED) is 0.478. The molecule has 3 rings (SSSR count). The summed E-state index contributed by atoms with van der Waals surface area (Å²) in [5, 5.41) is 1.50. The number of aryl methyl sites for hydroxylation is 1. The van der Waals surface area contributed by atoms with Gasteiger partial charge in [0.2, 0.25) is 12.4 Å². The summed E-state index contributed by atoms with van der Waals surface area (Å²) in [6.45, 7) is 10.1. The summed E-state index contributed by atoms with van der Waals surface area (Å²) in [6, 6.07) is 5.73. The molecule has 0 aliphatic carbocycles. The SMILES string of the molecule is COc1cc(B2OC(C)(C)C(C)([B]SI)O2)c2c(Cl)c(C)ccc2n1. The van der Waals surface area contributed by atoms with Crippen LogP contribution in [0.1, 0.15) is 26.3 Å². The molecule has 0 bridgehead atoms. The molecule has 1 aliphatic heterocycles. The van der Waals surface area contributed by atoms with Gasteiger partial charge in [0.25, 0.3) is 0 Å². The molecular formula is C16H18B2ClINO3S. The Morgan fingerprint density at radius 1 is 1.32 bits per heavy atom. The molecule has 1 radical (unpaired) electrons. The molecule has 1 atom stereocenters. The van der Waals surface area contributed by atoms with Gasteiger partial charge in [-0.3, -0.25) is 0 Å². The fourth-order valence-electron chi connectivity index (χ4n) is 2.84. The molecule has 4 nitrogen and oxygen atoms in total. The van der Waals surface area contributed by atoms with E-state index in [0.29, 0.717) is 10.9 Å². The van der Waals surface area contributed by atoms with E-state index >= 15 is 0 Å². The van der Waals surface area contributed by atoms with Crippen LogP contribution in [0.25, 0.3) is 10.9 Å². The summed E-state index contributed by atoms with van der Waals surface area (Å²) in [5.74, 6) is 0.508. The van der Waals surface area contributed by atoms with E-state index in [1.165, 1.54) is 0 Å². The van der Waals surface area contributed by atoms with Crippen molar-refractivity contribution >= 4 is 71.6 Å². The fourth-order valence-corrected chi connectivity index (χ4v) is 5.07. The topological polar surface area (TPSA) is 40.6 Å². The van der Waals surface area contributed by atoms with E-state index in [2.05, 4.69) is 32.7 Å². The van der Waals surface area contributed by atoms with Gasteiger partial charge in [-0.05, 0) is 66.0 Å². The summed E-state index contributed by atoms with van der Waals surface area (Å²) in [6.07, 6.45) is 0. The predicted molar refractivity (Wildman–Crippen MR) is 115 cm³/mol. The van der Waals surface area contributed by atoms with E-state index in [0.717, 1.165) is 21.9 Å². The predicted octanol–water partition coefficient (Wildman–Crippen LogP) is 4.14. The molecular weight excluding hydrogens is 470 g/mol. The normalized spacial score (nSPS) is 22.4. The van der Waals surface area contributed by atoms with Crippen LogP contribution in [0.4, 0.5) is 0 Å². The third-order valence-electron chi connectivity index (χ3n) is 4.79. The zero-order valence-corrected chi connectivity index (χ0v) is 18.5. The Morgan fingerprint density at radius 2 is 2.04 bits per heavy atom. The lowest BCUT2D eigenvalue weighted by atomic mass is 9.70. The number of pyridine rings is 1. The van der Waals surface area contributed by atoms with Gasteiger partial charge in [-0.1, -0.05) is 17.7 Å². The molecule has 2 aromatic rings. The highest BCUT2D eigenvalue weighted by Gasteiger charge is 2.55. The molecule has 1 unspecified atom stereocenters. The standard InChI is InChI=1S/C16H18B2ClINO3S/c1-9-6-7-11-13(14(9)19)10(8-12(21-11)22-5)18-23-15(2,3)16(4,24-18)17-25-20/h6-8H,1-5H3. The Kier molecular flexibility index (Phi) is 5.58. The molecule has 2 heterocycles. The lowest BCUT2D eigenvalue weighted by Gasteiger charge is -2.35. The molecule has 9 heteroatoms. The second-order valence-electron chi connectivity index (χ2n) is 6.74. The van der Waals surface area contributed by atoms with Crippen molar-refractivity contribution in [3.8, 4) is 5.88 Å². The Bertz CT molecular complexity index is 826. The van der Waals surface area contributed by atoms with Crippen molar-refractivity contribution in [1.82, 2.24) is 4.98 Å². The molecule has 0 saturated carbocycles. The third-order valence-corrected chi connectivity index (χ3v) is 6.58. The number of methoxy groups -OCH3 is 1. The lowest BCUT2D eigenvalue weighted by molar-refractivity contribution is 0.0531. The molecule has 1 fully saturated rings. The van der Waals surface area contributed by atoms with Gasteiger partial charge in [0, 0.05) is 11.5 Å². The van der Waals surface area contributed by atoms with Crippen molar-refractivity contribution in [1.29, 1.82) is 0 Å². The minimum Gasteiger partial charge on any atom is -0.481 e. The maximum absolute atomic E-state index is 6.60. The number of halogens is 2. The largest absolute Gasteiger partial charge is 0.495 e. The Balaban J connectivity index is 2.17. The van der Waals surface area contributed by atoms with Crippen LogP contribution in [-0.2, 0) is 9.31 Å². The Labute approximate surface area is 170 Å². The highest BCUT2D eigenvalue weighted by atomic mass is 127.